The fourth-order valence-electron chi connectivity index (χ4n) is 2.70. The molecule has 1 atom stereocenters. The molecule has 2 N–H and O–H groups in total. The van der Waals surface area contributed by atoms with Gasteiger partial charge in [0.25, 0.3) is 0 Å². The van der Waals surface area contributed by atoms with E-state index in [2.05, 4.69) is 25.6 Å². The van der Waals surface area contributed by atoms with E-state index in [4.69, 9.17) is 9.47 Å². The first-order chi connectivity index (χ1) is 11.7. The Kier molecular flexibility index (Phi) is 5.10. The molecule has 1 saturated heterocycles. The Morgan fingerprint density at radius 3 is 2.96 bits per heavy atom. The van der Waals surface area contributed by atoms with E-state index >= 15 is 0 Å². The predicted molar refractivity (Wildman–Crippen MR) is 91.5 cm³/mol. The normalized spacial score (nSPS) is 16.9. The van der Waals surface area contributed by atoms with E-state index in [0.29, 0.717) is 18.2 Å². The summed E-state index contributed by atoms with van der Waals surface area (Å²) < 4.78 is 11.3. The van der Waals surface area contributed by atoms with Crippen molar-refractivity contribution in [2.45, 2.75) is 32.9 Å². The van der Waals surface area contributed by atoms with Crippen LogP contribution in [0.25, 0.3) is 0 Å². The van der Waals surface area contributed by atoms with Gasteiger partial charge in [-0.25, -0.2) is 4.98 Å². The molecular weight excluding hydrogens is 306 g/mol. The zero-order valence-corrected chi connectivity index (χ0v) is 14.3. The summed E-state index contributed by atoms with van der Waals surface area (Å²) in [4.78, 5) is 13.1. The highest BCUT2D eigenvalue weighted by molar-refractivity contribution is 5.48. The quantitative estimate of drug-likeness (QED) is 0.837. The number of rotatable bonds is 6. The number of aromatic nitrogens is 3. The minimum Gasteiger partial charge on any atom is -0.489 e. The summed E-state index contributed by atoms with van der Waals surface area (Å²) in [5.41, 5.74) is 1.78. The van der Waals surface area contributed by atoms with Crippen molar-refractivity contribution in [2.24, 2.45) is 0 Å². The number of hydrogen-bond acceptors (Lipinski definition) is 7. The maximum atomic E-state index is 5.97. The van der Waals surface area contributed by atoms with Gasteiger partial charge >= 0.3 is 0 Å². The van der Waals surface area contributed by atoms with Gasteiger partial charge in [-0.2, -0.15) is 4.98 Å². The number of aryl methyl sites for hydroxylation is 1. The molecule has 2 aromatic rings. The summed E-state index contributed by atoms with van der Waals surface area (Å²) in [7, 11) is 1.61. The van der Waals surface area contributed by atoms with Crippen LogP contribution >= 0.6 is 0 Å². The largest absolute Gasteiger partial charge is 0.489 e. The van der Waals surface area contributed by atoms with Crippen molar-refractivity contribution in [1.29, 1.82) is 0 Å². The van der Waals surface area contributed by atoms with Crippen LogP contribution in [0.1, 0.15) is 23.5 Å². The molecule has 3 heterocycles. The zero-order chi connectivity index (χ0) is 16.9. The number of pyridine rings is 1. The first kappa shape index (κ1) is 16.4. The number of nitrogens with one attached hydrogen (secondary N) is 2. The maximum absolute atomic E-state index is 5.97. The Hall–Kier alpha value is -2.41. The van der Waals surface area contributed by atoms with Gasteiger partial charge in [0.15, 0.2) is 0 Å². The predicted octanol–water partition coefficient (Wildman–Crippen LogP) is 1.85. The number of anilines is 1. The Balaban J connectivity index is 1.67. The van der Waals surface area contributed by atoms with E-state index < -0.39 is 0 Å². The number of nitrogens with zero attached hydrogens (tertiary/aromatic N) is 3. The van der Waals surface area contributed by atoms with Gasteiger partial charge in [0.2, 0.25) is 5.88 Å². The molecule has 128 valence electrons. The van der Waals surface area contributed by atoms with E-state index in [1.807, 2.05) is 26.0 Å². The van der Waals surface area contributed by atoms with E-state index in [9.17, 15) is 0 Å². The van der Waals surface area contributed by atoms with Crippen LogP contribution in [0.3, 0.4) is 0 Å². The second-order valence-corrected chi connectivity index (χ2v) is 5.82. The van der Waals surface area contributed by atoms with E-state index in [1.54, 1.807) is 13.3 Å². The highest BCUT2D eigenvalue weighted by atomic mass is 16.5. The molecule has 3 rings (SSSR count). The molecule has 7 heteroatoms. The molecular formula is C17H23N5O2. The average Bonchev–Trinajstić information content (AvgIpc) is 3.08. The fourth-order valence-corrected chi connectivity index (χ4v) is 2.70. The fraction of sp³-hybridized carbons (Fsp3) is 0.471. The Labute approximate surface area is 141 Å². The molecule has 1 aliphatic heterocycles. The van der Waals surface area contributed by atoms with Crippen LogP contribution in [0, 0.1) is 13.8 Å². The summed E-state index contributed by atoms with van der Waals surface area (Å²) in [6.07, 6.45) is 3.05. The van der Waals surface area contributed by atoms with Gasteiger partial charge in [-0.15, -0.1) is 0 Å². The summed E-state index contributed by atoms with van der Waals surface area (Å²) in [6.45, 7) is 6.24. The lowest BCUT2D eigenvalue weighted by Crippen LogP contribution is -2.19. The van der Waals surface area contributed by atoms with E-state index in [1.165, 1.54) is 0 Å². The molecule has 24 heavy (non-hydrogen) atoms. The second-order valence-electron chi connectivity index (χ2n) is 5.82. The van der Waals surface area contributed by atoms with Gasteiger partial charge in [0.05, 0.1) is 24.9 Å². The third kappa shape index (κ3) is 3.91. The van der Waals surface area contributed by atoms with Crippen LogP contribution in [0.15, 0.2) is 18.3 Å². The highest BCUT2D eigenvalue weighted by Gasteiger charge is 2.16. The van der Waals surface area contributed by atoms with Crippen molar-refractivity contribution < 1.29 is 9.47 Å². The van der Waals surface area contributed by atoms with Crippen molar-refractivity contribution in [3.63, 3.8) is 0 Å². The number of hydrogen-bond donors (Lipinski definition) is 2. The van der Waals surface area contributed by atoms with E-state index in [0.717, 1.165) is 42.3 Å². The minimum atomic E-state index is 0.240. The third-order valence-corrected chi connectivity index (χ3v) is 3.95. The summed E-state index contributed by atoms with van der Waals surface area (Å²) >= 11 is 0. The highest BCUT2D eigenvalue weighted by Crippen LogP contribution is 2.22. The first-order valence-corrected chi connectivity index (χ1v) is 8.11. The Morgan fingerprint density at radius 2 is 2.21 bits per heavy atom. The van der Waals surface area contributed by atoms with Gasteiger partial charge in [-0.3, -0.25) is 4.98 Å². The zero-order valence-electron chi connectivity index (χ0n) is 14.3. The van der Waals surface area contributed by atoms with Crippen molar-refractivity contribution >= 4 is 5.82 Å². The monoisotopic (exact) mass is 329 g/mol. The molecule has 1 unspecified atom stereocenters. The minimum absolute atomic E-state index is 0.240. The van der Waals surface area contributed by atoms with Crippen LogP contribution in [-0.4, -0.2) is 41.3 Å². The molecule has 2 aromatic heterocycles. The van der Waals surface area contributed by atoms with Gasteiger partial charge in [0.1, 0.15) is 23.5 Å². The summed E-state index contributed by atoms with van der Waals surface area (Å²) in [5.74, 6) is 2.86. The van der Waals surface area contributed by atoms with Crippen molar-refractivity contribution in [3.05, 3.63) is 35.4 Å². The first-order valence-electron chi connectivity index (χ1n) is 8.11. The van der Waals surface area contributed by atoms with Crippen LogP contribution < -0.4 is 20.1 Å². The molecule has 0 bridgehead atoms. The number of ether oxygens (including phenoxy) is 2. The lowest BCUT2D eigenvalue weighted by atomic mass is 10.3. The summed E-state index contributed by atoms with van der Waals surface area (Å²) in [6, 6.07) is 3.86. The molecule has 0 spiro atoms. The summed E-state index contributed by atoms with van der Waals surface area (Å²) in [5, 5.41) is 6.60. The van der Waals surface area contributed by atoms with Crippen LogP contribution in [0.5, 0.6) is 11.6 Å². The molecule has 1 fully saturated rings. The SMILES string of the molecule is COc1nc(C)nc(NCc2cc(OC3CCNC3)ccn2)c1C. The standard InChI is InChI=1S/C17H23N5O2/c1-11-16(21-12(2)22-17(11)23-3)20-9-13-8-14(5-7-19-13)24-15-4-6-18-10-15/h5,7-8,15,18H,4,6,9-10H2,1-3H3,(H,20,21,22). The smallest absolute Gasteiger partial charge is 0.221 e. The van der Waals surface area contributed by atoms with Crippen molar-refractivity contribution in [3.8, 4) is 11.6 Å². The maximum Gasteiger partial charge on any atom is 0.221 e. The van der Waals surface area contributed by atoms with Gasteiger partial charge in [-0.05, 0) is 32.9 Å². The molecule has 0 amide bonds. The lowest BCUT2D eigenvalue weighted by Gasteiger charge is -2.14. The number of methoxy groups -OCH3 is 1. The molecule has 1 aliphatic rings. The molecule has 0 saturated carbocycles. The molecule has 0 aromatic carbocycles. The van der Waals surface area contributed by atoms with Gasteiger partial charge in [-0.1, -0.05) is 0 Å². The van der Waals surface area contributed by atoms with E-state index in [-0.39, 0.29) is 6.10 Å². The third-order valence-electron chi connectivity index (χ3n) is 3.95. The van der Waals surface area contributed by atoms with Crippen LogP contribution in [0.4, 0.5) is 5.82 Å². The molecule has 0 radical (unpaired) electrons. The van der Waals surface area contributed by atoms with Crippen LogP contribution in [-0.2, 0) is 6.54 Å². The van der Waals surface area contributed by atoms with Crippen molar-refractivity contribution in [1.82, 2.24) is 20.3 Å². The average molecular weight is 329 g/mol. The molecule has 0 aliphatic carbocycles. The lowest BCUT2D eigenvalue weighted by molar-refractivity contribution is 0.222. The Bertz CT molecular complexity index is 701. The second kappa shape index (κ2) is 7.44. The molecule has 7 nitrogen and oxygen atoms in total. The van der Waals surface area contributed by atoms with Crippen LogP contribution in [0.2, 0.25) is 0 Å². The van der Waals surface area contributed by atoms with Gasteiger partial charge in [0, 0.05) is 18.8 Å². The van der Waals surface area contributed by atoms with Crippen molar-refractivity contribution in [2.75, 3.05) is 25.5 Å². The topological polar surface area (TPSA) is 81.2 Å². The van der Waals surface area contributed by atoms with Gasteiger partial charge < -0.3 is 20.1 Å². The Morgan fingerprint density at radius 1 is 1.33 bits per heavy atom.